The van der Waals surface area contributed by atoms with E-state index in [9.17, 15) is 9.59 Å². The van der Waals surface area contributed by atoms with Crippen molar-refractivity contribution in [1.29, 1.82) is 0 Å². The van der Waals surface area contributed by atoms with E-state index in [0.29, 0.717) is 40.2 Å². The van der Waals surface area contributed by atoms with Crippen LogP contribution in [0, 0.1) is 6.92 Å². The first kappa shape index (κ1) is 20.6. The molecule has 0 spiro atoms. The van der Waals surface area contributed by atoms with Crippen LogP contribution in [0.5, 0.6) is 0 Å². The van der Waals surface area contributed by atoms with Gasteiger partial charge in [-0.25, -0.2) is 19.4 Å². The Labute approximate surface area is 189 Å². The Bertz CT molecular complexity index is 1550. The normalized spacial score (nSPS) is 11.2. The molecule has 0 aliphatic heterocycles. The molecular weight excluding hydrogens is 418 g/mol. The van der Waals surface area contributed by atoms with Gasteiger partial charge in [0.1, 0.15) is 12.3 Å². The highest BCUT2D eigenvalue weighted by Gasteiger charge is 2.19. The van der Waals surface area contributed by atoms with E-state index >= 15 is 0 Å². The highest BCUT2D eigenvalue weighted by Crippen LogP contribution is 2.25. The summed E-state index contributed by atoms with van der Waals surface area (Å²) in [5.74, 6) is -0.526. The van der Waals surface area contributed by atoms with E-state index in [1.54, 1.807) is 29.2 Å². The Morgan fingerprint density at radius 2 is 1.85 bits per heavy atom. The van der Waals surface area contributed by atoms with Gasteiger partial charge in [0.15, 0.2) is 5.65 Å². The van der Waals surface area contributed by atoms with Gasteiger partial charge in [-0.15, -0.1) is 0 Å². The lowest BCUT2D eigenvalue weighted by atomic mass is 10.1. The van der Waals surface area contributed by atoms with E-state index in [2.05, 4.69) is 10.1 Å². The van der Waals surface area contributed by atoms with Gasteiger partial charge >= 0.3 is 5.97 Å². The van der Waals surface area contributed by atoms with Gasteiger partial charge in [0.05, 0.1) is 28.5 Å². The topological polar surface area (TPSA) is 91.4 Å². The van der Waals surface area contributed by atoms with Gasteiger partial charge in [0.25, 0.3) is 5.56 Å². The summed E-state index contributed by atoms with van der Waals surface area (Å²) >= 11 is 0. The molecule has 0 radical (unpaired) electrons. The van der Waals surface area contributed by atoms with Gasteiger partial charge in [-0.1, -0.05) is 36.4 Å². The van der Waals surface area contributed by atoms with Crippen LogP contribution in [0.4, 0.5) is 0 Å². The minimum atomic E-state index is -0.526. The van der Waals surface area contributed by atoms with Crippen molar-refractivity contribution >= 4 is 22.6 Å². The number of pyridine rings is 2. The quantitative estimate of drug-likeness (QED) is 0.387. The zero-order valence-electron chi connectivity index (χ0n) is 18.2. The third-order valence-electron chi connectivity index (χ3n) is 5.49. The summed E-state index contributed by atoms with van der Waals surface area (Å²) in [6.45, 7) is 4.34. The van der Waals surface area contributed by atoms with Crippen molar-refractivity contribution in [3.05, 3.63) is 94.2 Å². The van der Waals surface area contributed by atoms with Crippen molar-refractivity contribution in [1.82, 2.24) is 24.1 Å². The maximum absolute atomic E-state index is 13.1. The Morgan fingerprint density at radius 3 is 2.64 bits per heavy atom. The van der Waals surface area contributed by atoms with Gasteiger partial charge in [-0.3, -0.25) is 9.20 Å². The lowest BCUT2D eigenvalue weighted by Crippen LogP contribution is -2.17. The van der Waals surface area contributed by atoms with E-state index < -0.39 is 5.97 Å². The summed E-state index contributed by atoms with van der Waals surface area (Å²) in [5, 5.41) is 4.97. The lowest BCUT2D eigenvalue weighted by Gasteiger charge is -2.10. The predicted molar refractivity (Wildman–Crippen MR) is 124 cm³/mol. The van der Waals surface area contributed by atoms with Crippen molar-refractivity contribution in [2.24, 2.45) is 0 Å². The van der Waals surface area contributed by atoms with E-state index in [4.69, 9.17) is 9.72 Å². The van der Waals surface area contributed by atoms with Crippen LogP contribution in [-0.4, -0.2) is 30.1 Å². The monoisotopic (exact) mass is 439 g/mol. The number of carbonyl (C=O) groups is 1. The molecule has 1 aromatic carbocycles. The van der Waals surface area contributed by atoms with Crippen LogP contribution in [0.1, 0.15) is 28.5 Å². The first-order valence-electron chi connectivity index (χ1n) is 10.6. The van der Waals surface area contributed by atoms with Crippen molar-refractivity contribution in [3.63, 3.8) is 0 Å². The van der Waals surface area contributed by atoms with Gasteiger partial charge in [-0.05, 0) is 31.5 Å². The minimum Gasteiger partial charge on any atom is -0.456 e. The number of hydrogen-bond acceptors (Lipinski definition) is 6. The van der Waals surface area contributed by atoms with Gasteiger partial charge in [0, 0.05) is 24.4 Å². The fraction of sp³-hybridized carbons (Fsp3) is 0.160. The fourth-order valence-electron chi connectivity index (χ4n) is 3.80. The Kier molecular flexibility index (Phi) is 5.18. The van der Waals surface area contributed by atoms with Crippen LogP contribution in [0.2, 0.25) is 0 Å². The molecule has 33 heavy (non-hydrogen) atoms. The summed E-state index contributed by atoms with van der Waals surface area (Å²) in [7, 11) is 0. The Balaban J connectivity index is 1.51. The van der Waals surface area contributed by atoms with E-state index in [-0.39, 0.29) is 12.2 Å². The van der Waals surface area contributed by atoms with Gasteiger partial charge in [0.2, 0.25) is 0 Å². The van der Waals surface area contributed by atoms with Crippen molar-refractivity contribution in [3.8, 4) is 11.3 Å². The van der Waals surface area contributed by atoms with Gasteiger partial charge in [-0.2, -0.15) is 5.10 Å². The van der Waals surface area contributed by atoms with Crippen LogP contribution < -0.4 is 5.56 Å². The summed E-state index contributed by atoms with van der Waals surface area (Å²) in [4.78, 5) is 34.8. The van der Waals surface area contributed by atoms with Gasteiger partial charge < -0.3 is 4.74 Å². The molecule has 4 heterocycles. The van der Waals surface area contributed by atoms with Crippen LogP contribution in [0.15, 0.2) is 71.8 Å². The molecule has 8 nitrogen and oxygen atoms in total. The molecule has 164 valence electrons. The standard InChI is InChI=1S/C25H21N5O3/c1-3-30-24-20(14-26-30)19(13-21(28-24)17-9-5-4-6-10-17)25(32)33-15-18-12-22(31)29-11-7-8-16(2)23(29)27-18/h4-14H,3,15H2,1-2H3. The predicted octanol–water partition coefficient (Wildman–Crippen LogP) is 3.79. The van der Waals surface area contributed by atoms with Crippen molar-refractivity contribution in [2.75, 3.05) is 0 Å². The molecule has 8 heteroatoms. The SMILES string of the molecule is CCn1ncc2c(C(=O)OCc3cc(=O)n4cccc(C)c4n3)cc(-c3ccccc3)nc21. The highest BCUT2D eigenvalue weighted by atomic mass is 16.5. The average Bonchev–Trinajstić information content (AvgIpc) is 3.26. The number of fused-ring (bicyclic) bond motifs is 2. The first-order valence-corrected chi connectivity index (χ1v) is 10.6. The third kappa shape index (κ3) is 3.76. The van der Waals surface area contributed by atoms with Crippen LogP contribution in [0.25, 0.3) is 27.9 Å². The second-order valence-electron chi connectivity index (χ2n) is 7.67. The average molecular weight is 439 g/mol. The number of benzene rings is 1. The molecule has 0 unspecified atom stereocenters. The molecule has 0 saturated heterocycles. The third-order valence-corrected chi connectivity index (χ3v) is 5.49. The van der Waals surface area contributed by atoms with Crippen LogP contribution >= 0.6 is 0 Å². The Hall–Kier alpha value is -4.33. The zero-order chi connectivity index (χ0) is 22.9. The summed E-state index contributed by atoms with van der Waals surface area (Å²) in [6, 6.07) is 16.4. The molecule has 4 aromatic heterocycles. The lowest BCUT2D eigenvalue weighted by molar-refractivity contribution is 0.0470. The van der Waals surface area contributed by atoms with E-state index in [0.717, 1.165) is 11.1 Å². The molecule has 0 fully saturated rings. The van der Waals surface area contributed by atoms with Crippen molar-refractivity contribution < 1.29 is 9.53 Å². The molecule has 0 bridgehead atoms. The molecular formula is C25H21N5O3. The van der Waals surface area contributed by atoms with Crippen molar-refractivity contribution in [2.45, 2.75) is 27.0 Å². The number of hydrogen-bond donors (Lipinski definition) is 0. The molecule has 0 atom stereocenters. The zero-order valence-corrected chi connectivity index (χ0v) is 18.2. The molecule has 5 aromatic rings. The maximum Gasteiger partial charge on any atom is 0.339 e. The maximum atomic E-state index is 13.1. The molecule has 0 N–H and O–H groups in total. The van der Waals surface area contributed by atoms with E-state index in [1.807, 2.05) is 50.2 Å². The number of aromatic nitrogens is 5. The number of rotatable bonds is 5. The largest absolute Gasteiger partial charge is 0.456 e. The Morgan fingerprint density at radius 1 is 1.03 bits per heavy atom. The molecule has 0 amide bonds. The highest BCUT2D eigenvalue weighted by molar-refractivity contribution is 6.03. The second-order valence-corrected chi connectivity index (χ2v) is 7.67. The number of carbonyl (C=O) groups excluding carboxylic acids is 1. The summed E-state index contributed by atoms with van der Waals surface area (Å²) < 4.78 is 8.80. The minimum absolute atomic E-state index is 0.120. The van der Waals surface area contributed by atoms with E-state index in [1.165, 1.54) is 10.5 Å². The number of nitrogens with zero attached hydrogens (tertiary/aromatic N) is 5. The summed E-state index contributed by atoms with van der Waals surface area (Å²) in [5.41, 5.74) is 4.09. The number of esters is 1. The molecule has 0 saturated carbocycles. The molecule has 0 aliphatic carbocycles. The molecule has 0 aliphatic rings. The summed E-state index contributed by atoms with van der Waals surface area (Å²) in [6.07, 6.45) is 3.29. The van der Waals surface area contributed by atoms with Crippen LogP contribution in [-0.2, 0) is 17.9 Å². The van der Waals surface area contributed by atoms with Crippen LogP contribution in [0.3, 0.4) is 0 Å². The molecule has 5 rings (SSSR count). The second kappa shape index (κ2) is 8.31. The first-order chi connectivity index (χ1) is 16.0. The number of aryl methyl sites for hydroxylation is 2. The fourth-order valence-corrected chi connectivity index (χ4v) is 3.80. The number of ether oxygens (including phenoxy) is 1. The smallest absolute Gasteiger partial charge is 0.339 e.